The molecule has 0 bridgehead atoms. The molecule has 3 rings (SSSR count). The summed E-state index contributed by atoms with van der Waals surface area (Å²) in [5.74, 6) is 0. The molecule has 3 nitrogen and oxygen atoms in total. The van der Waals surface area contributed by atoms with E-state index in [1.807, 2.05) is 6.20 Å². The van der Waals surface area contributed by atoms with Crippen LogP contribution >= 0.6 is 22.6 Å². The van der Waals surface area contributed by atoms with E-state index in [4.69, 9.17) is 4.74 Å². The first-order valence-corrected chi connectivity index (χ1v) is 8.35. The lowest BCUT2D eigenvalue weighted by Gasteiger charge is -2.27. The molecular weight excluding hydrogens is 375 g/mol. The molecule has 1 aliphatic heterocycles. The van der Waals surface area contributed by atoms with Gasteiger partial charge in [-0.1, -0.05) is 12.1 Å². The van der Waals surface area contributed by atoms with Gasteiger partial charge in [0.25, 0.3) is 0 Å². The number of aromatic nitrogens is 2. The standard InChI is InChI=1S/C17H21IN2O/c1-16(2)9-15(17(3,4)21-16)20-11-13(10-19-20)12-6-5-7-14(18)8-12/h5-8,10-11,15H,9H2,1-4H3. The Morgan fingerprint density at radius 2 is 2.00 bits per heavy atom. The predicted octanol–water partition coefficient (Wildman–Crippen LogP) is 4.67. The summed E-state index contributed by atoms with van der Waals surface area (Å²) in [5, 5.41) is 4.60. The lowest BCUT2D eigenvalue weighted by Crippen LogP contribution is -2.31. The highest BCUT2D eigenvalue weighted by molar-refractivity contribution is 14.1. The van der Waals surface area contributed by atoms with Gasteiger partial charge in [-0.15, -0.1) is 0 Å². The highest BCUT2D eigenvalue weighted by Gasteiger charge is 2.47. The van der Waals surface area contributed by atoms with Crippen molar-refractivity contribution in [1.82, 2.24) is 9.78 Å². The van der Waals surface area contributed by atoms with Gasteiger partial charge in [0.15, 0.2) is 0 Å². The first-order valence-electron chi connectivity index (χ1n) is 7.27. The number of hydrogen-bond acceptors (Lipinski definition) is 2. The fourth-order valence-corrected chi connectivity index (χ4v) is 3.81. The second kappa shape index (κ2) is 5.09. The van der Waals surface area contributed by atoms with Crippen LogP contribution < -0.4 is 0 Å². The van der Waals surface area contributed by atoms with Crippen molar-refractivity contribution in [2.24, 2.45) is 0 Å². The third kappa shape index (κ3) is 3.01. The Balaban J connectivity index is 1.92. The molecule has 0 spiro atoms. The van der Waals surface area contributed by atoms with E-state index in [1.54, 1.807) is 0 Å². The first-order chi connectivity index (χ1) is 9.77. The van der Waals surface area contributed by atoms with E-state index in [0.717, 1.165) is 12.0 Å². The smallest absolute Gasteiger partial charge is 0.0857 e. The molecule has 112 valence electrons. The van der Waals surface area contributed by atoms with Crippen LogP contribution in [0.3, 0.4) is 0 Å². The molecule has 1 aromatic heterocycles. The molecule has 0 saturated carbocycles. The summed E-state index contributed by atoms with van der Waals surface area (Å²) in [7, 11) is 0. The second-order valence-corrected chi connectivity index (χ2v) is 8.15. The predicted molar refractivity (Wildman–Crippen MR) is 93.3 cm³/mol. The minimum atomic E-state index is -0.197. The lowest BCUT2D eigenvalue weighted by molar-refractivity contribution is -0.0737. The number of hydrogen-bond donors (Lipinski definition) is 0. The molecule has 0 N–H and O–H groups in total. The van der Waals surface area contributed by atoms with E-state index in [0.29, 0.717) is 0 Å². The lowest BCUT2D eigenvalue weighted by atomic mass is 9.94. The molecule has 1 atom stereocenters. The highest BCUT2D eigenvalue weighted by Crippen LogP contribution is 2.44. The Hall–Kier alpha value is -0.880. The van der Waals surface area contributed by atoms with Crippen LogP contribution in [0, 0.1) is 3.57 Å². The number of halogens is 1. The van der Waals surface area contributed by atoms with Crippen molar-refractivity contribution in [3.05, 3.63) is 40.2 Å². The third-order valence-corrected chi connectivity index (χ3v) is 4.78. The number of ether oxygens (including phenoxy) is 1. The number of nitrogens with zero attached hydrogens (tertiary/aromatic N) is 2. The Morgan fingerprint density at radius 1 is 1.24 bits per heavy atom. The van der Waals surface area contributed by atoms with Crippen LogP contribution in [0.5, 0.6) is 0 Å². The van der Waals surface area contributed by atoms with Gasteiger partial charge in [-0.3, -0.25) is 4.68 Å². The Morgan fingerprint density at radius 3 is 2.62 bits per heavy atom. The van der Waals surface area contributed by atoms with Crippen molar-refractivity contribution in [1.29, 1.82) is 0 Å². The zero-order valence-corrected chi connectivity index (χ0v) is 15.1. The molecule has 4 heteroatoms. The third-order valence-electron chi connectivity index (χ3n) is 4.11. The Labute approximate surface area is 139 Å². The maximum atomic E-state index is 6.18. The van der Waals surface area contributed by atoms with Crippen LogP contribution in [0.2, 0.25) is 0 Å². The summed E-state index contributed by atoms with van der Waals surface area (Å²) in [6, 6.07) is 8.76. The van der Waals surface area contributed by atoms with Crippen LogP contribution in [-0.2, 0) is 4.74 Å². The molecule has 2 heterocycles. The maximum absolute atomic E-state index is 6.18. The van der Waals surface area contributed by atoms with Crippen molar-refractivity contribution in [3.63, 3.8) is 0 Å². The summed E-state index contributed by atoms with van der Waals surface area (Å²) in [6.45, 7) is 8.61. The molecule has 0 amide bonds. The quantitative estimate of drug-likeness (QED) is 0.690. The van der Waals surface area contributed by atoms with Gasteiger partial charge in [-0.25, -0.2) is 0 Å². The van der Waals surface area contributed by atoms with Crippen molar-refractivity contribution < 1.29 is 4.74 Å². The molecule has 0 radical (unpaired) electrons. The van der Waals surface area contributed by atoms with E-state index in [1.165, 1.54) is 9.13 Å². The average Bonchev–Trinajstić information content (AvgIpc) is 2.91. The summed E-state index contributed by atoms with van der Waals surface area (Å²) in [4.78, 5) is 0. The normalized spacial score (nSPS) is 23.4. The van der Waals surface area contributed by atoms with Gasteiger partial charge < -0.3 is 4.74 Å². The van der Waals surface area contributed by atoms with E-state index < -0.39 is 0 Å². The Kier molecular flexibility index (Phi) is 3.64. The van der Waals surface area contributed by atoms with Gasteiger partial charge in [0.2, 0.25) is 0 Å². The summed E-state index contributed by atoms with van der Waals surface area (Å²) in [6.07, 6.45) is 5.07. The van der Waals surface area contributed by atoms with Gasteiger partial charge in [0.05, 0.1) is 23.4 Å². The van der Waals surface area contributed by atoms with Crippen molar-refractivity contribution in [3.8, 4) is 11.1 Å². The summed E-state index contributed by atoms with van der Waals surface area (Å²) in [5.41, 5.74) is 2.08. The maximum Gasteiger partial charge on any atom is 0.0857 e. The largest absolute Gasteiger partial charge is 0.367 e. The fourth-order valence-electron chi connectivity index (χ4n) is 3.27. The SMILES string of the molecule is CC1(C)CC(n2cc(-c3cccc(I)c3)cn2)C(C)(C)O1. The zero-order chi connectivity index (χ0) is 15.3. The van der Waals surface area contributed by atoms with Gasteiger partial charge in [0, 0.05) is 21.8 Å². The van der Waals surface area contributed by atoms with Crippen molar-refractivity contribution in [2.75, 3.05) is 0 Å². The number of benzene rings is 1. The average molecular weight is 396 g/mol. The molecule has 1 aliphatic rings. The van der Waals surface area contributed by atoms with E-state index in [-0.39, 0.29) is 17.2 Å². The van der Waals surface area contributed by atoms with Gasteiger partial charge >= 0.3 is 0 Å². The molecule has 1 fully saturated rings. The second-order valence-electron chi connectivity index (χ2n) is 6.90. The summed E-state index contributed by atoms with van der Waals surface area (Å²) >= 11 is 2.34. The molecule has 2 aromatic rings. The minimum absolute atomic E-state index is 0.0948. The molecule has 1 aromatic carbocycles. The van der Waals surface area contributed by atoms with E-state index in [2.05, 4.69) is 90.5 Å². The van der Waals surface area contributed by atoms with Crippen LogP contribution in [-0.4, -0.2) is 21.0 Å². The van der Waals surface area contributed by atoms with Crippen molar-refractivity contribution in [2.45, 2.75) is 51.4 Å². The molecule has 0 aliphatic carbocycles. The zero-order valence-electron chi connectivity index (χ0n) is 12.9. The molecule has 21 heavy (non-hydrogen) atoms. The van der Waals surface area contributed by atoms with Crippen LogP contribution in [0.1, 0.15) is 40.2 Å². The first kappa shape index (κ1) is 15.0. The van der Waals surface area contributed by atoms with Crippen molar-refractivity contribution >= 4 is 22.6 Å². The van der Waals surface area contributed by atoms with E-state index >= 15 is 0 Å². The summed E-state index contributed by atoms with van der Waals surface area (Å²) < 4.78 is 9.49. The van der Waals surface area contributed by atoms with Crippen LogP contribution in [0.4, 0.5) is 0 Å². The Bertz CT molecular complexity index is 660. The van der Waals surface area contributed by atoms with Crippen LogP contribution in [0.15, 0.2) is 36.7 Å². The topological polar surface area (TPSA) is 27.1 Å². The van der Waals surface area contributed by atoms with E-state index in [9.17, 15) is 0 Å². The minimum Gasteiger partial charge on any atom is -0.367 e. The molecular formula is C17H21IN2O. The van der Waals surface area contributed by atoms with Gasteiger partial charge in [-0.05, 0) is 68.0 Å². The molecule has 1 saturated heterocycles. The van der Waals surface area contributed by atoms with Crippen LogP contribution in [0.25, 0.3) is 11.1 Å². The molecule has 1 unspecified atom stereocenters. The van der Waals surface area contributed by atoms with Gasteiger partial charge in [0.1, 0.15) is 0 Å². The fraction of sp³-hybridized carbons (Fsp3) is 0.471. The van der Waals surface area contributed by atoms with Gasteiger partial charge in [-0.2, -0.15) is 5.10 Å². The highest BCUT2D eigenvalue weighted by atomic mass is 127. The number of rotatable bonds is 2. The monoisotopic (exact) mass is 396 g/mol.